The monoisotopic (exact) mass is 307 g/mol. The molecule has 1 amide bonds. The summed E-state index contributed by atoms with van der Waals surface area (Å²) in [6.45, 7) is 2.17. The van der Waals surface area contributed by atoms with Crippen LogP contribution in [0.1, 0.15) is 21.8 Å². The molecular formula is C16H13N5O2. The lowest BCUT2D eigenvalue weighted by atomic mass is 10.2. The van der Waals surface area contributed by atoms with Crippen LogP contribution < -0.4 is 5.32 Å². The molecule has 0 aliphatic carbocycles. The molecule has 0 bridgehead atoms. The Morgan fingerprint density at radius 1 is 1.35 bits per heavy atom. The number of hydrogen-bond acceptors (Lipinski definition) is 5. The largest absolute Gasteiger partial charge is 0.437 e. The van der Waals surface area contributed by atoms with Crippen LogP contribution in [-0.2, 0) is 6.54 Å². The van der Waals surface area contributed by atoms with Gasteiger partial charge in [-0.15, -0.1) is 0 Å². The molecule has 0 aliphatic heterocycles. The fourth-order valence-electron chi connectivity index (χ4n) is 2.40. The average molecular weight is 307 g/mol. The van der Waals surface area contributed by atoms with Gasteiger partial charge in [0.15, 0.2) is 11.2 Å². The maximum absolute atomic E-state index is 12.3. The van der Waals surface area contributed by atoms with Crippen LogP contribution in [-0.4, -0.2) is 25.5 Å². The van der Waals surface area contributed by atoms with E-state index < -0.39 is 0 Å². The van der Waals surface area contributed by atoms with Crippen molar-refractivity contribution < 1.29 is 9.21 Å². The number of carbonyl (C=O) groups excluding carboxylic acids is 1. The number of aromatic nitrogens is 4. The van der Waals surface area contributed by atoms with Gasteiger partial charge < -0.3 is 9.73 Å². The highest BCUT2D eigenvalue weighted by Gasteiger charge is 2.14. The van der Waals surface area contributed by atoms with E-state index in [4.69, 9.17) is 4.42 Å². The van der Waals surface area contributed by atoms with Crippen molar-refractivity contribution >= 4 is 22.7 Å². The zero-order valence-corrected chi connectivity index (χ0v) is 12.4. The van der Waals surface area contributed by atoms with Crippen molar-refractivity contribution in [1.29, 1.82) is 0 Å². The Hall–Kier alpha value is -3.22. The molecule has 4 aromatic heterocycles. The molecular weight excluding hydrogens is 294 g/mol. The van der Waals surface area contributed by atoms with Crippen molar-refractivity contribution in [3.8, 4) is 0 Å². The van der Waals surface area contributed by atoms with Crippen molar-refractivity contribution in [2.24, 2.45) is 0 Å². The Morgan fingerprint density at radius 3 is 3.13 bits per heavy atom. The molecule has 0 radical (unpaired) electrons. The lowest BCUT2D eigenvalue weighted by Gasteiger charge is -2.01. The first-order chi connectivity index (χ1) is 11.2. The molecule has 1 N–H and O–H groups in total. The number of amides is 1. The number of oxazole rings is 1. The van der Waals surface area contributed by atoms with Crippen LogP contribution in [0, 0.1) is 6.92 Å². The highest BCUT2D eigenvalue weighted by Crippen LogP contribution is 2.14. The molecule has 4 aromatic rings. The minimum Gasteiger partial charge on any atom is -0.437 e. The van der Waals surface area contributed by atoms with Crippen LogP contribution in [0.5, 0.6) is 0 Å². The number of pyridine rings is 2. The second kappa shape index (κ2) is 5.20. The zero-order valence-electron chi connectivity index (χ0n) is 12.4. The fourth-order valence-corrected chi connectivity index (χ4v) is 2.40. The van der Waals surface area contributed by atoms with E-state index in [-0.39, 0.29) is 12.5 Å². The van der Waals surface area contributed by atoms with Crippen LogP contribution in [0.2, 0.25) is 0 Å². The summed E-state index contributed by atoms with van der Waals surface area (Å²) in [6.07, 6.45) is 5.07. The summed E-state index contributed by atoms with van der Waals surface area (Å²) < 4.78 is 7.22. The van der Waals surface area contributed by atoms with Crippen molar-refractivity contribution in [2.45, 2.75) is 13.5 Å². The Labute approximate surface area is 131 Å². The summed E-state index contributed by atoms with van der Waals surface area (Å²) in [4.78, 5) is 20.7. The summed E-state index contributed by atoms with van der Waals surface area (Å²) in [7, 11) is 0. The molecule has 4 rings (SSSR count). The van der Waals surface area contributed by atoms with E-state index in [1.807, 2.05) is 25.3 Å². The lowest BCUT2D eigenvalue weighted by Crippen LogP contribution is -2.22. The van der Waals surface area contributed by atoms with Gasteiger partial charge in [-0.3, -0.25) is 4.79 Å². The van der Waals surface area contributed by atoms with Crippen molar-refractivity contribution in [1.82, 2.24) is 24.9 Å². The van der Waals surface area contributed by atoms with Gasteiger partial charge in [-0.05, 0) is 30.7 Å². The molecule has 0 atom stereocenters. The molecule has 23 heavy (non-hydrogen) atoms. The van der Waals surface area contributed by atoms with E-state index >= 15 is 0 Å². The second-order valence-electron chi connectivity index (χ2n) is 5.21. The molecule has 0 spiro atoms. The third-order valence-corrected chi connectivity index (χ3v) is 3.52. The third kappa shape index (κ3) is 2.42. The van der Waals surface area contributed by atoms with E-state index in [2.05, 4.69) is 20.4 Å². The number of rotatable bonds is 3. The number of nitrogens with one attached hydrogen (secondary N) is 1. The molecule has 7 heteroatoms. The van der Waals surface area contributed by atoms with Crippen LogP contribution in [0.25, 0.3) is 16.7 Å². The quantitative estimate of drug-likeness (QED) is 0.626. The third-order valence-electron chi connectivity index (χ3n) is 3.52. The van der Waals surface area contributed by atoms with Crippen LogP contribution >= 0.6 is 0 Å². The average Bonchev–Trinajstić information content (AvgIpc) is 3.15. The number of hydrogen-bond donors (Lipinski definition) is 1. The topological polar surface area (TPSA) is 85.3 Å². The molecule has 0 saturated carbocycles. The van der Waals surface area contributed by atoms with Crippen LogP contribution in [0.15, 0.2) is 47.3 Å². The first kappa shape index (κ1) is 13.4. The predicted octanol–water partition coefficient (Wildman–Crippen LogP) is 2.11. The molecule has 4 heterocycles. The van der Waals surface area contributed by atoms with Crippen molar-refractivity contribution in [2.75, 3.05) is 0 Å². The van der Waals surface area contributed by atoms with Gasteiger partial charge in [0.25, 0.3) is 5.91 Å². The van der Waals surface area contributed by atoms with Crippen LogP contribution in [0.4, 0.5) is 0 Å². The van der Waals surface area contributed by atoms with Crippen LogP contribution in [0.3, 0.4) is 0 Å². The van der Waals surface area contributed by atoms with Gasteiger partial charge in [0.05, 0.1) is 23.8 Å². The van der Waals surface area contributed by atoms with Gasteiger partial charge in [-0.25, -0.2) is 9.50 Å². The molecule has 7 nitrogen and oxygen atoms in total. The lowest BCUT2D eigenvalue weighted by molar-refractivity contribution is 0.0949. The van der Waals surface area contributed by atoms with Gasteiger partial charge in [0, 0.05) is 12.4 Å². The number of fused-ring (bicyclic) bond motifs is 2. The van der Waals surface area contributed by atoms with Gasteiger partial charge in [-0.1, -0.05) is 6.07 Å². The minimum absolute atomic E-state index is 0.193. The fraction of sp³-hybridized carbons (Fsp3) is 0.125. The number of aryl methyl sites for hydroxylation is 1. The van der Waals surface area contributed by atoms with Gasteiger partial charge in [0.2, 0.25) is 5.89 Å². The Bertz CT molecular complexity index is 985. The molecule has 114 valence electrons. The summed E-state index contributed by atoms with van der Waals surface area (Å²) in [6, 6.07) is 7.38. The molecule has 0 unspecified atom stereocenters. The van der Waals surface area contributed by atoms with E-state index in [1.54, 1.807) is 29.0 Å². The maximum Gasteiger partial charge on any atom is 0.255 e. The highest BCUT2D eigenvalue weighted by atomic mass is 16.3. The first-order valence-electron chi connectivity index (χ1n) is 7.13. The van der Waals surface area contributed by atoms with Crippen molar-refractivity contribution in [3.63, 3.8) is 0 Å². The Balaban J connectivity index is 1.54. The molecule has 0 saturated heterocycles. The summed E-state index contributed by atoms with van der Waals surface area (Å²) in [5.41, 5.74) is 3.48. The minimum atomic E-state index is -0.223. The van der Waals surface area contributed by atoms with Gasteiger partial charge >= 0.3 is 0 Å². The van der Waals surface area contributed by atoms with Crippen molar-refractivity contribution in [3.05, 3.63) is 59.9 Å². The zero-order chi connectivity index (χ0) is 15.8. The highest BCUT2D eigenvalue weighted by molar-refractivity contribution is 6.00. The molecule has 0 aliphatic rings. The van der Waals surface area contributed by atoms with Gasteiger partial charge in [-0.2, -0.15) is 10.1 Å². The van der Waals surface area contributed by atoms with E-state index in [9.17, 15) is 4.79 Å². The van der Waals surface area contributed by atoms with Gasteiger partial charge in [0.1, 0.15) is 0 Å². The smallest absolute Gasteiger partial charge is 0.255 e. The predicted molar refractivity (Wildman–Crippen MR) is 82.9 cm³/mol. The van der Waals surface area contributed by atoms with E-state index in [0.29, 0.717) is 22.7 Å². The summed E-state index contributed by atoms with van der Waals surface area (Å²) in [5, 5.41) is 6.99. The number of nitrogens with zero attached hydrogens (tertiary/aromatic N) is 4. The maximum atomic E-state index is 12.3. The Kier molecular flexibility index (Phi) is 3.04. The second-order valence-corrected chi connectivity index (χ2v) is 5.21. The summed E-state index contributed by atoms with van der Waals surface area (Å²) in [5.74, 6) is 0.193. The normalized spacial score (nSPS) is 11.2. The molecule has 0 aromatic carbocycles. The SMILES string of the molecule is Cc1ccc2c(C(=O)NCc3nc4ncccc4o3)cnn2c1. The van der Waals surface area contributed by atoms with E-state index in [0.717, 1.165) is 11.1 Å². The van der Waals surface area contributed by atoms with E-state index in [1.165, 1.54) is 0 Å². The Morgan fingerprint density at radius 2 is 2.26 bits per heavy atom. The first-order valence-corrected chi connectivity index (χ1v) is 7.13. The standard InChI is InChI=1S/C16H13N5O2/c1-10-4-5-12-11(7-19-21(12)9-10)16(22)18-8-14-20-15-13(23-14)3-2-6-17-15/h2-7,9H,8H2,1H3,(H,18,22). The molecule has 0 fully saturated rings. The summed E-state index contributed by atoms with van der Waals surface area (Å²) >= 11 is 0. The number of carbonyl (C=O) groups is 1.